The molecular weight excluding hydrogens is 648 g/mol. The molecule has 0 radical (unpaired) electrons. The van der Waals surface area contributed by atoms with E-state index in [9.17, 15) is 0 Å². The second kappa shape index (κ2) is 14.4. The topological polar surface area (TPSA) is 52.2 Å². The molecule has 0 unspecified atom stereocenters. The van der Waals surface area contributed by atoms with Crippen LogP contribution in [-0.2, 0) is 11.3 Å². The fraction of sp³-hybridized carbons (Fsp3) is 0.297. The van der Waals surface area contributed by atoms with Crippen LogP contribution in [0.15, 0.2) is 102 Å². The quantitative estimate of drug-likeness (QED) is 0.133. The van der Waals surface area contributed by atoms with E-state index in [1.165, 1.54) is 12.8 Å². The third-order valence-electron chi connectivity index (χ3n) is 8.42. The minimum absolute atomic E-state index is 0.325. The first kappa shape index (κ1) is 30.3. The van der Waals surface area contributed by atoms with Crippen molar-refractivity contribution in [1.29, 1.82) is 0 Å². The molecule has 0 bridgehead atoms. The van der Waals surface area contributed by atoms with Crippen molar-refractivity contribution in [2.75, 3.05) is 39.4 Å². The Labute approximate surface area is 277 Å². The van der Waals surface area contributed by atoms with Crippen LogP contribution in [0, 0.1) is 0 Å². The molecular formula is C37H37BrN2O4S. The van der Waals surface area contributed by atoms with Crippen LogP contribution in [0.25, 0.3) is 20.5 Å². The number of nitrogens with zero attached hydrogens (tertiary/aromatic N) is 1. The van der Waals surface area contributed by atoms with Crippen LogP contribution < -0.4 is 19.5 Å². The monoisotopic (exact) mass is 684 g/mol. The molecule has 2 fully saturated rings. The first-order valence-electron chi connectivity index (χ1n) is 15.6. The first-order chi connectivity index (χ1) is 22.2. The largest absolute Gasteiger partial charge is 0.491 e. The molecule has 3 heterocycles. The summed E-state index contributed by atoms with van der Waals surface area (Å²) in [6, 6.07) is 33.3. The maximum absolute atomic E-state index is 6.58. The van der Waals surface area contributed by atoms with Crippen molar-refractivity contribution in [3.05, 3.63) is 107 Å². The van der Waals surface area contributed by atoms with Gasteiger partial charge in [-0.25, -0.2) is 0 Å². The highest BCUT2D eigenvalue weighted by Crippen LogP contribution is 2.47. The molecule has 0 aliphatic carbocycles. The maximum Gasteiger partial charge on any atom is 0.153 e. The SMILES string of the molecule is Brc1ccc(-c2sc3cc(OCc4ccccc4)ccc3c2Oc2ccc(OCCOC3CN(C4CCNCC4)C3)cc2)cc1. The molecule has 45 heavy (non-hydrogen) atoms. The zero-order valence-electron chi connectivity index (χ0n) is 25.1. The van der Waals surface area contributed by atoms with Crippen molar-refractivity contribution in [2.45, 2.75) is 31.6 Å². The van der Waals surface area contributed by atoms with E-state index >= 15 is 0 Å². The molecule has 0 spiro atoms. The first-order valence-corrected chi connectivity index (χ1v) is 17.3. The van der Waals surface area contributed by atoms with Crippen molar-refractivity contribution in [2.24, 2.45) is 0 Å². The number of hydrogen-bond acceptors (Lipinski definition) is 7. The Balaban J connectivity index is 0.982. The van der Waals surface area contributed by atoms with Gasteiger partial charge < -0.3 is 24.3 Å². The number of rotatable bonds is 12. The van der Waals surface area contributed by atoms with Gasteiger partial charge in [0.25, 0.3) is 0 Å². The Hall–Kier alpha value is -3.40. The minimum atomic E-state index is 0.325. The average molecular weight is 686 g/mol. The smallest absolute Gasteiger partial charge is 0.153 e. The number of nitrogens with one attached hydrogen (secondary N) is 1. The highest BCUT2D eigenvalue weighted by atomic mass is 79.9. The van der Waals surface area contributed by atoms with Gasteiger partial charge in [-0.05, 0) is 91.7 Å². The number of benzene rings is 4. The van der Waals surface area contributed by atoms with Crippen LogP contribution in [0.3, 0.4) is 0 Å². The van der Waals surface area contributed by atoms with Crippen LogP contribution in [0.4, 0.5) is 0 Å². The normalized spacial score (nSPS) is 16.0. The van der Waals surface area contributed by atoms with E-state index in [0.717, 1.165) is 85.8 Å². The molecule has 0 atom stereocenters. The molecule has 0 amide bonds. The van der Waals surface area contributed by atoms with Gasteiger partial charge in [-0.15, -0.1) is 11.3 Å². The summed E-state index contributed by atoms with van der Waals surface area (Å²) in [6.45, 7) is 5.99. The van der Waals surface area contributed by atoms with Gasteiger partial charge in [0.15, 0.2) is 5.75 Å². The van der Waals surface area contributed by atoms with Gasteiger partial charge in [-0.2, -0.15) is 0 Å². The zero-order chi connectivity index (χ0) is 30.4. The molecule has 2 aliphatic heterocycles. The summed E-state index contributed by atoms with van der Waals surface area (Å²) in [5.74, 6) is 3.24. The van der Waals surface area contributed by atoms with Gasteiger partial charge in [0, 0.05) is 33.7 Å². The van der Waals surface area contributed by atoms with Gasteiger partial charge in [0.2, 0.25) is 0 Å². The van der Waals surface area contributed by atoms with E-state index in [1.807, 2.05) is 48.5 Å². The third-order valence-corrected chi connectivity index (χ3v) is 10.1. The summed E-state index contributed by atoms with van der Waals surface area (Å²) < 4.78 is 26.9. The lowest BCUT2D eigenvalue weighted by Gasteiger charge is -2.45. The number of ether oxygens (including phenoxy) is 4. The summed E-state index contributed by atoms with van der Waals surface area (Å²) in [7, 11) is 0. The lowest BCUT2D eigenvalue weighted by molar-refractivity contribution is -0.0812. The average Bonchev–Trinajstić information content (AvgIpc) is 3.42. The van der Waals surface area contributed by atoms with Crippen LogP contribution in [0.1, 0.15) is 18.4 Å². The lowest BCUT2D eigenvalue weighted by atomic mass is 10.00. The van der Waals surface area contributed by atoms with Crippen molar-refractivity contribution < 1.29 is 18.9 Å². The highest BCUT2D eigenvalue weighted by molar-refractivity contribution is 9.10. The number of likely N-dealkylation sites (tertiary alicyclic amines) is 1. The fourth-order valence-corrected chi connectivity index (χ4v) is 7.35. The molecule has 1 N–H and O–H groups in total. The maximum atomic E-state index is 6.58. The van der Waals surface area contributed by atoms with E-state index in [-0.39, 0.29) is 0 Å². The van der Waals surface area contributed by atoms with Crippen LogP contribution in [-0.4, -0.2) is 56.4 Å². The Morgan fingerprint density at radius 3 is 2.29 bits per heavy atom. The molecule has 7 rings (SSSR count). The van der Waals surface area contributed by atoms with E-state index in [1.54, 1.807) is 11.3 Å². The second-order valence-corrected chi connectivity index (χ2v) is 13.5. The van der Waals surface area contributed by atoms with Crippen LogP contribution in [0.5, 0.6) is 23.0 Å². The second-order valence-electron chi connectivity index (χ2n) is 11.5. The molecule has 8 heteroatoms. The number of halogens is 1. The van der Waals surface area contributed by atoms with Gasteiger partial charge in [-0.1, -0.05) is 58.4 Å². The van der Waals surface area contributed by atoms with E-state index in [4.69, 9.17) is 18.9 Å². The van der Waals surface area contributed by atoms with Crippen molar-refractivity contribution in [3.8, 4) is 33.4 Å². The molecule has 2 aliphatic rings. The summed E-state index contributed by atoms with van der Waals surface area (Å²) in [4.78, 5) is 3.63. The highest BCUT2D eigenvalue weighted by Gasteiger charge is 2.33. The summed E-state index contributed by atoms with van der Waals surface area (Å²) in [5, 5.41) is 4.49. The number of piperidine rings is 1. The van der Waals surface area contributed by atoms with Crippen molar-refractivity contribution >= 4 is 37.4 Å². The Morgan fingerprint density at radius 1 is 0.778 bits per heavy atom. The Kier molecular flexibility index (Phi) is 9.65. The van der Waals surface area contributed by atoms with E-state index in [0.29, 0.717) is 25.9 Å². The predicted molar refractivity (Wildman–Crippen MR) is 185 cm³/mol. The summed E-state index contributed by atoms with van der Waals surface area (Å²) in [6.07, 6.45) is 2.81. The number of fused-ring (bicyclic) bond motifs is 1. The predicted octanol–water partition coefficient (Wildman–Crippen LogP) is 8.53. The Morgan fingerprint density at radius 2 is 1.51 bits per heavy atom. The minimum Gasteiger partial charge on any atom is -0.491 e. The van der Waals surface area contributed by atoms with Gasteiger partial charge in [-0.3, -0.25) is 4.90 Å². The van der Waals surface area contributed by atoms with Crippen molar-refractivity contribution in [3.63, 3.8) is 0 Å². The van der Waals surface area contributed by atoms with Gasteiger partial charge >= 0.3 is 0 Å². The molecule has 6 nitrogen and oxygen atoms in total. The van der Waals surface area contributed by atoms with E-state index in [2.05, 4.69) is 74.7 Å². The van der Waals surface area contributed by atoms with E-state index < -0.39 is 0 Å². The molecule has 1 aromatic heterocycles. The zero-order valence-corrected chi connectivity index (χ0v) is 27.5. The molecule has 4 aromatic carbocycles. The Bertz CT molecular complexity index is 1680. The summed E-state index contributed by atoms with van der Waals surface area (Å²) >= 11 is 5.27. The standard InChI is InChI=1S/C37H37BrN2O4S/c38-28-8-6-27(7-9-28)37-36(34-15-14-32(22-35(34)45-37)43-25-26-4-2-1-3-5-26)44-31-12-10-30(11-13-31)41-20-21-42-33-23-40(24-33)29-16-18-39-19-17-29/h1-15,22,29,33,39H,16-21,23-25H2. The number of thiophene rings is 1. The van der Waals surface area contributed by atoms with Crippen LogP contribution in [0.2, 0.25) is 0 Å². The lowest BCUT2D eigenvalue weighted by Crippen LogP contribution is -2.58. The third kappa shape index (κ3) is 7.54. The van der Waals surface area contributed by atoms with Crippen molar-refractivity contribution in [1.82, 2.24) is 10.2 Å². The molecule has 0 saturated carbocycles. The molecule has 5 aromatic rings. The fourth-order valence-electron chi connectivity index (χ4n) is 5.92. The molecule has 232 valence electrons. The number of hydrogen-bond donors (Lipinski definition) is 1. The van der Waals surface area contributed by atoms with Crippen LogP contribution >= 0.6 is 27.3 Å². The molecule has 2 saturated heterocycles. The van der Waals surface area contributed by atoms with Gasteiger partial charge in [0.05, 0.1) is 17.6 Å². The summed E-state index contributed by atoms with van der Waals surface area (Å²) in [5.41, 5.74) is 2.24. The van der Waals surface area contributed by atoms with Gasteiger partial charge in [0.1, 0.15) is 30.5 Å².